The summed E-state index contributed by atoms with van der Waals surface area (Å²) in [6.45, 7) is 0. The molecule has 0 spiro atoms. The van der Waals surface area contributed by atoms with E-state index >= 15 is 0 Å². The summed E-state index contributed by atoms with van der Waals surface area (Å²) in [5.41, 5.74) is 4.81. The number of carbonyl (C=O) groups excluding carboxylic acids is 1. The third kappa shape index (κ3) is 2.94. The number of aromatic amines is 1. The van der Waals surface area contributed by atoms with Crippen molar-refractivity contribution in [2.75, 3.05) is 4.90 Å². The van der Waals surface area contributed by atoms with Crippen LogP contribution in [-0.4, -0.2) is 31.1 Å². The highest BCUT2D eigenvalue weighted by Crippen LogP contribution is 2.47. The van der Waals surface area contributed by atoms with E-state index in [4.69, 9.17) is 0 Å². The summed E-state index contributed by atoms with van der Waals surface area (Å²) in [7, 11) is 0. The number of phenolic OH excluding ortho intramolecular Hbond substituents is 1. The first-order valence-electron chi connectivity index (χ1n) is 10.4. The first-order valence-corrected chi connectivity index (χ1v) is 10.4. The SMILES string of the molecule is O=C1C(O)=C(c2ccc(O)cc2)[C@@H](c2cccc3cccnc23)N1c1ccc2[nH]cnc2c1. The number of rotatable bonds is 3. The molecule has 3 heterocycles. The van der Waals surface area contributed by atoms with Crippen molar-refractivity contribution in [3.63, 3.8) is 0 Å². The van der Waals surface area contributed by atoms with Gasteiger partial charge in [0.25, 0.3) is 5.91 Å². The maximum Gasteiger partial charge on any atom is 0.294 e. The normalized spacial score (nSPS) is 16.3. The summed E-state index contributed by atoms with van der Waals surface area (Å²) in [5.74, 6) is -0.737. The van der Waals surface area contributed by atoms with Crippen LogP contribution in [0.5, 0.6) is 5.75 Å². The second-order valence-electron chi connectivity index (χ2n) is 7.91. The largest absolute Gasteiger partial charge is 0.508 e. The van der Waals surface area contributed by atoms with Crippen molar-refractivity contribution in [1.82, 2.24) is 15.0 Å². The van der Waals surface area contributed by atoms with E-state index in [1.165, 1.54) is 12.1 Å². The average Bonchev–Trinajstić information content (AvgIpc) is 3.41. The van der Waals surface area contributed by atoms with Gasteiger partial charge in [0.2, 0.25) is 0 Å². The summed E-state index contributed by atoms with van der Waals surface area (Å²) in [6.07, 6.45) is 3.32. The van der Waals surface area contributed by atoms with Gasteiger partial charge < -0.3 is 15.2 Å². The minimum absolute atomic E-state index is 0.104. The maximum absolute atomic E-state index is 13.5. The van der Waals surface area contributed by atoms with Crippen LogP contribution in [0.2, 0.25) is 0 Å². The van der Waals surface area contributed by atoms with Crippen LogP contribution in [0.1, 0.15) is 17.2 Å². The molecule has 160 valence electrons. The van der Waals surface area contributed by atoms with Crippen LogP contribution in [0, 0.1) is 0 Å². The van der Waals surface area contributed by atoms with Crippen LogP contribution in [0.15, 0.2) is 91.1 Å². The molecule has 1 amide bonds. The molecule has 0 fully saturated rings. The number of benzene rings is 3. The number of hydrogen-bond acceptors (Lipinski definition) is 5. The summed E-state index contributed by atoms with van der Waals surface area (Å²) >= 11 is 0. The highest BCUT2D eigenvalue weighted by atomic mass is 16.3. The molecule has 0 unspecified atom stereocenters. The first kappa shape index (κ1) is 19.1. The Morgan fingerprint density at radius 3 is 2.58 bits per heavy atom. The van der Waals surface area contributed by atoms with Crippen LogP contribution >= 0.6 is 0 Å². The van der Waals surface area contributed by atoms with E-state index in [1.807, 2.05) is 48.5 Å². The standard InChI is InChI=1S/C26H18N4O3/c31-18-9-6-15(7-10-18)22-24(19-5-1-3-16-4-2-12-27-23(16)19)30(26(33)25(22)32)17-8-11-20-21(13-17)29-14-28-20/h1-14,24,31-32H,(H,28,29)/t24-/m1/s1. The molecule has 33 heavy (non-hydrogen) atoms. The molecule has 0 saturated carbocycles. The van der Waals surface area contributed by atoms with Gasteiger partial charge in [-0.2, -0.15) is 0 Å². The number of carbonyl (C=O) groups is 1. The fourth-order valence-electron chi connectivity index (χ4n) is 4.52. The van der Waals surface area contributed by atoms with Gasteiger partial charge in [-0.15, -0.1) is 0 Å². The lowest BCUT2D eigenvalue weighted by molar-refractivity contribution is -0.117. The van der Waals surface area contributed by atoms with Crippen LogP contribution in [0.3, 0.4) is 0 Å². The Labute approximate surface area is 188 Å². The number of hydrogen-bond donors (Lipinski definition) is 3. The van der Waals surface area contributed by atoms with Gasteiger partial charge in [-0.05, 0) is 42.0 Å². The topological polar surface area (TPSA) is 102 Å². The zero-order valence-corrected chi connectivity index (χ0v) is 17.3. The molecule has 3 N–H and O–H groups in total. The van der Waals surface area contributed by atoms with Gasteiger partial charge in [-0.1, -0.05) is 36.4 Å². The number of aromatic nitrogens is 3. The predicted molar refractivity (Wildman–Crippen MR) is 126 cm³/mol. The van der Waals surface area contributed by atoms with E-state index in [0.29, 0.717) is 22.3 Å². The number of phenols is 1. The maximum atomic E-state index is 13.5. The van der Waals surface area contributed by atoms with E-state index in [1.54, 1.807) is 29.6 Å². The highest BCUT2D eigenvalue weighted by molar-refractivity contribution is 6.17. The van der Waals surface area contributed by atoms with Crippen LogP contribution < -0.4 is 4.90 Å². The number of imidazole rings is 1. The van der Waals surface area contributed by atoms with Crippen molar-refractivity contribution in [3.8, 4) is 5.75 Å². The molecule has 0 aliphatic carbocycles. The number of fused-ring (bicyclic) bond motifs is 2. The van der Waals surface area contributed by atoms with Crippen molar-refractivity contribution in [2.45, 2.75) is 6.04 Å². The summed E-state index contributed by atoms with van der Waals surface area (Å²) in [4.78, 5) is 27.0. The number of H-pyrrole nitrogens is 1. The lowest BCUT2D eigenvalue weighted by Gasteiger charge is -2.28. The zero-order valence-electron chi connectivity index (χ0n) is 17.3. The lowest BCUT2D eigenvalue weighted by atomic mass is 9.91. The molecule has 1 aliphatic rings. The third-order valence-corrected chi connectivity index (χ3v) is 6.03. The monoisotopic (exact) mass is 434 g/mol. The lowest BCUT2D eigenvalue weighted by Crippen LogP contribution is -2.30. The smallest absolute Gasteiger partial charge is 0.294 e. The number of aliphatic hydroxyl groups excluding tert-OH is 1. The summed E-state index contributed by atoms with van der Waals surface area (Å²) in [5, 5.41) is 21.8. The number of pyridine rings is 1. The Balaban J connectivity index is 1.62. The second-order valence-corrected chi connectivity index (χ2v) is 7.91. The molecule has 2 aromatic heterocycles. The van der Waals surface area contributed by atoms with Crippen molar-refractivity contribution in [1.29, 1.82) is 0 Å². The van der Waals surface area contributed by atoms with E-state index in [9.17, 15) is 15.0 Å². The predicted octanol–water partition coefficient (Wildman–Crippen LogP) is 4.87. The minimum Gasteiger partial charge on any atom is -0.508 e. The van der Waals surface area contributed by atoms with Crippen LogP contribution in [0.25, 0.3) is 27.5 Å². The molecule has 1 atom stereocenters. The Kier molecular flexibility index (Phi) is 4.16. The van der Waals surface area contributed by atoms with E-state index in [-0.39, 0.29) is 11.5 Å². The Morgan fingerprint density at radius 1 is 0.909 bits per heavy atom. The number of amides is 1. The molecule has 3 aromatic carbocycles. The van der Waals surface area contributed by atoms with Crippen LogP contribution in [0.4, 0.5) is 5.69 Å². The molecular weight excluding hydrogens is 416 g/mol. The Hall–Kier alpha value is -4.65. The molecular formula is C26H18N4O3. The fraction of sp³-hybridized carbons (Fsp3) is 0.0385. The van der Waals surface area contributed by atoms with Gasteiger partial charge in [0, 0.05) is 28.4 Å². The average molecular weight is 434 g/mol. The van der Waals surface area contributed by atoms with E-state index in [2.05, 4.69) is 15.0 Å². The fourth-order valence-corrected chi connectivity index (χ4v) is 4.52. The quantitative estimate of drug-likeness (QED) is 0.376. The van der Waals surface area contributed by atoms with Crippen LogP contribution in [-0.2, 0) is 4.79 Å². The first-order chi connectivity index (χ1) is 16.1. The molecule has 7 heteroatoms. The molecule has 0 radical (unpaired) electrons. The third-order valence-electron chi connectivity index (χ3n) is 6.03. The highest BCUT2D eigenvalue weighted by Gasteiger charge is 2.43. The van der Waals surface area contributed by atoms with Crippen molar-refractivity contribution in [3.05, 3.63) is 102 Å². The van der Waals surface area contributed by atoms with Gasteiger partial charge in [-0.25, -0.2) is 4.98 Å². The number of nitrogens with one attached hydrogen (secondary N) is 1. The Bertz CT molecular complexity index is 1560. The van der Waals surface area contributed by atoms with Gasteiger partial charge in [0.05, 0.1) is 28.9 Å². The van der Waals surface area contributed by atoms with Crippen molar-refractivity contribution >= 4 is 39.1 Å². The van der Waals surface area contributed by atoms with Gasteiger partial charge in [0.15, 0.2) is 5.76 Å². The van der Waals surface area contributed by atoms with Crippen molar-refractivity contribution in [2.24, 2.45) is 0 Å². The summed E-state index contributed by atoms with van der Waals surface area (Å²) in [6, 6.07) is 21.0. The molecule has 0 bridgehead atoms. The minimum atomic E-state index is -0.628. The van der Waals surface area contributed by atoms with Gasteiger partial charge >= 0.3 is 0 Å². The van der Waals surface area contributed by atoms with Gasteiger partial charge in [-0.3, -0.25) is 14.7 Å². The zero-order chi connectivity index (χ0) is 22.5. The van der Waals surface area contributed by atoms with Crippen molar-refractivity contribution < 1.29 is 15.0 Å². The molecule has 7 nitrogen and oxygen atoms in total. The summed E-state index contributed by atoms with van der Waals surface area (Å²) < 4.78 is 0. The molecule has 6 rings (SSSR count). The number of para-hydroxylation sites is 1. The molecule has 5 aromatic rings. The number of anilines is 1. The second kappa shape index (κ2) is 7.20. The number of aliphatic hydroxyl groups is 1. The number of aromatic hydroxyl groups is 1. The number of nitrogens with zero attached hydrogens (tertiary/aromatic N) is 3. The van der Waals surface area contributed by atoms with E-state index in [0.717, 1.165) is 22.0 Å². The van der Waals surface area contributed by atoms with Gasteiger partial charge in [0.1, 0.15) is 5.75 Å². The Morgan fingerprint density at radius 2 is 1.73 bits per heavy atom. The van der Waals surface area contributed by atoms with E-state index < -0.39 is 11.9 Å². The molecule has 1 aliphatic heterocycles. The molecule has 0 saturated heterocycles.